The van der Waals surface area contributed by atoms with Crippen LogP contribution in [0.1, 0.15) is 196 Å². The number of carbonyl (C=O) groups excluding carboxylic acids is 1. The highest BCUT2D eigenvalue weighted by molar-refractivity contribution is 5.69. The normalized spacial score (nSPS) is 13.3. The molecule has 0 heterocycles. The molecule has 0 bridgehead atoms. The lowest BCUT2D eigenvalue weighted by Gasteiger charge is -2.11. The largest absolute Gasteiger partial charge is 0.466 e. The van der Waals surface area contributed by atoms with Gasteiger partial charge in [0.1, 0.15) is 0 Å². The molecule has 0 aromatic rings. The Hall–Kier alpha value is -1.57. The number of rotatable bonds is 29. The van der Waals surface area contributed by atoms with Crippen molar-refractivity contribution in [3.63, 3.8) is 0 Å². The summed E-state index contributed by atoms with van der Waals surface area (Å²) in [7, 11) is 0. The quantitative estimate of drug-likeness (QED) is 0.0486. The molecule has 0 aliphatic heterocycles. The van der Waals surface area contributed by atoms with E-state index in [1.807, 2.05) is 0 Å². The fourth-order valence-corrected chi connectivity index (χ4v) is 5.48. The maximum atomic E-state index is 12.1. The highest BCUT2D eigenvalue weighted by atomic mass is 16.5. The SMILES string of the molecule is CCCCCCCCCCCCCCCC(=O)OCCC(C)CC/C=C(/C)CC/C=C(\C)CC/C=C(\C)CCC=C(C)C. The van der Waals surface area contributed by atoms with Crippen LogP contribution < -0.4 is 0 Å². The lowest BCUT2D eigenvalue weighted by molar-refractivity contribution is -0.144. The van der Waals surface area contributed by atoms with Crippen molar-refractivity contribution in [1.29, 1.82) is 0 Å². The monoisotopic (exact) mass is 599 g/mol. The summed E-state index contributed by atoms with van der Waals surface area (Å²) >= 11 is 0. The standard InChI is InChI=1S/C41H74O2/c1-8-9-10-11-12-13-14-15-16-17-18-19-20-33-41(42)43-35-34-40(7)32-24-31-39(6)30-23-29-38(5)28-22-27-37(4)26-21-25-36(2)3/h25,27,29,31,40H,8-24,26,28,30,32-35H2,1-7H3/b37-27+,38-29+,39-31-. The number of hydrogen-bond acceptors (Lipinski definition) is 2. The van der Waals surface area contributed by atoms with Crippen LogP contribution in [0, 0.1) is 5.92 Å². The highest BCUT2D eigenvalue weighted by Gasteiger charge is 2.06. The van der Waals surface area contributed by atoms with Crippen molar-refractivity contribution in [3.8, 4) is 0 Å². The highest BCUT2D eigenvalue weighted by Crippen LogP contribution is 2.17. The molecule has 0 saturated carbocycles. The molecule has 0 fully saturated rings. The lowest BCUT2D eigenvalue weighted by atomic mass is 10.00. The lowest BCUT2D eigenvalue weighted by Crippen LogP contribution is -2.08. The number of hydrogen-bond donors (Lipinski definition) is 0. The molecule has 1 unspecified atom stereocenters. The molecule has 0 aliphatic rings. The minimum absolute atomic E-state index is 0.00000934. The van der Waals surface area contributed by atoms with Crippen molar-refractivity contribution in [2.24, 2.45) is 5.92 Å². The molecule has 0 N–H and O–H groups in total. The Labute approximate surface area is 270 Å². The Morgan fingerprint density at radius 3 is 1.42 bits per heavy atom. The van der Waals surface area contributed by atoms with Gasteiger partial charge in [-0.25, -0.2) is 0 Å². The predicted molar refractivity (Wildman–Crippen MR) is 193 cm³/mol. The summed E-state index contributed by atoms with van der Waals surface area (Å²) in [5, 5.41) is 0. The minimum Gasteiger partial charge on any atom is -0.466 e. The van der Waals surface area contributed by atoms with Crippen LogP contribution in [-0.4, -0.2) is 12.6 Å². The summed E-state index contributed by atoms with van der Waals surface area (Å²) in [5.41, 5.74) is 5.94. The Balaban J connectivity index is 3.73. The molecule has 43 heavy (non-hydrogen) atoms. The molecule has 0 aromatic carbocycles. The molecule has 0 aliphatic carbocycles. The Morgan fingerprint density at radius 1 is 0.535 bits per heavy atom. The van der Waals surface area contributed by atoms with Gasteiger partial charge in [0.05, 0.1) is 6.61 Å². The average Bonchev–Trinajstić information content (AvgIpc) is 2.95. The van der Waals surface area contributed by atoms with E-state index in [1.54, 1.807) is 0 Å². The molecule has 0 spiro atoms. The van der Waals surface area contributed by atoms with E-state index in [9.17, 15) is 4.79 Å². The van der Waals surface area contributed by atoms with E-state index < -0.39 is 0 Å². The van der Waals surface area contributed by atoms with E-state index in [-0.39, 0.29) is 5.97 Å². The molecule has 0 radical (unpaired) electrons. The summed E-state index contributed by atoms with van der Waals surface area (Å²) < 4.78 is 5.52. The molecule has 0 amide bonds. The summed E-state index contributed by atoms with van der Waals surface area (Å²) in [4.78, 5) is 12.1. The summed E-state index contributed by atoms with van der Waals surface area (Å²) in [6.07, 6.45) is 37.7. The Morgan fingerprint density at radius 2 is 0.953 bits per heavy atom. The van der Waals surface area contributed by atoms with E-state index in [2.05, 4.69) is 72.8 Å². The molecular formula is C41H74O2. The van der Waals surface area contributed by atoms with Crippen LogP contribution >= 0.6 is 0 Å². The van der Waals surface area contributed by atoms with Gasteiger partial charge in [-0.05, 0) is 105 Å². The number of esters is 1. The number of unbranched alkanes of at least 4 members (excludes halogenated alkanes) is 12. The third kappa shape index (κ3) is 31.7. The first kappa shape index (κ1) is 41.4. The molecule has 2 nitrogen and oxygen atoms in total. The topological polar surface area (TPSA) is 26.3 Å². The van der Waals surface area contributed by atoms with E-state index >= 15 is 0 Å². The van der Waals surface area contributed by atoms with Gasteiger partial charge in [-0.15, -0.1) is 0 Å². The molecule has 2 heteroatoms. The molecule has 1 atom stereocenters. The molecule has 0 saturated heterocycles. The van der Waals surface area contributed by atoms with E-state index in [4.69, 9.17) is 4.74 Å². The first-order chi connectivity index (χ1) is 20.7. The van der Waals surface area contributed by atoms with Crippen LogP contribution in [0.5, 0.6) is 0 Å². The minimum atomic E-state index is -0.00000934. The Kier molecular flexibility index (Phi) is 29.3. The fourth-order valence-electron chi connectivity index (χ4n) is 5.48. The van der Waals surface area contributed by atoms with Crippen molar-refractivity contribution in [2.75, 3.05) is 6.61 Å². The zero-order valence-corrected chi connectivity index (χ0v) is 30.2. The average molecular weight is 599 g/mol. The molecule has 0 rings (SSSR count). The van der Waals surface area contributed by atoms with Crippen molar-refractivity contribution >= 4 is 5.97 Å². The second kappa shape index (κ2) is 30.5. The smallest absolute Gasteiger partial charge is 0.305 e. The second-order valence-electron chi connectivity index (χ2n) is 13.7. The number of allylic oxidation sites excluding steroid dienone is 8. The first-order valence-electron chi connectivity index (χ1n) is 18.5. The number of carbonyl (C=O) groups is 1. The fraction of sp³-hybridized carbons (Fsp3) is 0.780. The molecule has 0 aromatic heterocycles. The zero-order chi connectivity index (χ0) is 32.0. The van der Waals surface area contributed by atoms with Gasteiger partial charge >= 0.3 is 5.97 Å². The maximum absolute atomic E-state index is 12.1. The predicted octanol–water partition coefficient (Wildman–Crippen LogP) is 14.0. The first-order valence-corrected chi connectivity index (χ1v) is 18.5. The van der Waals surface area contributed by atoms with E-state index in [1.165, 1.54) is 112 Å². The molecule has 250 valence electrons. The van der Waals surface area contributed by atoms with Crippen molar-refractivity contribution in [2.45, 2.75) is 196 Å². The van der Waals surface area contributed by atoms with Gasteiger partial charge in [0, 0.05) is 6.42 Å². The summed E-state index contributed by atoms with van der Waals surface area (Å²) in [5.74, 6) is 0.592. The molecular weight excluding hydrogens is 524 g/mol. The third-order valence-corrected chi connectivity index (χ3v) is 8.66. The zero-order valence-electron chi connectivity index (χ0n) is 30.2. The summed E-state index contributed by atoms with van der Waals surface area (Å²) in [6.45, 7) is 16.3. The van der Waals surface area contributed by atoms with Crippen molar-refractivity contribution < 1.29 is 9.53 Å². The van der Waals surface area contributed by atoms with Gasteiger partial charge in [0.15, 0.2) is 0 Å². The second-order valence-corrected chi connectivity index (χ2v) is 13.7. The van der Waals surface area contributed by atoms with Crippen molar-refractivity contribution in [1.82, 2.24) is 0 Å². The summed E-state index contributed by atoms with van der Waals surface area (Å²) in [6, 6.07) is 0. The van der Waals surface area contributed by atoms with Gasteiger partial charge in [-0.2, -0.15) is 0 Å². The van der Waals surface area contributed by atoms with E-state index in [0.29, 0.717) is 18.9 Å². The van der Waals surface area contributed by atoms with Crippen LogP contribution in [0.3, 0.4) is 0 Å². The van der Waals surface area contributed by atoms with Crippen LogP contribution in [0.15, 0.2) is 46.6 Å². The third-order valence-electron chi connectivity index (χ3n) is 8.66. The van der Waals surface area contributed by atoms with Gasteiger partial charge in [0.25, 0.3) is 0 Å². The van der Waals surface area contributed by atoms with Gasteiger partial charge in [-0.3, -0.25) is 4.79 Å². The van der Waals surface area contributed by atoms with Crippen LogP contribution in [0.2, 0.25) is 0 Å². The van der Waals surface area contributed by atoms with Gasteiger partial charge in [0.2, 0.25) is 0 Å². The van der Waals surface area contributed by atoms with Gasteiger partial charge < -0.3 is 4.74 Å². The Bertz CT molecular complexity index is 778. The van der Waals surface area contributed by atoms with Crippen LogP contribution in [-0.2, 0) is 9.53 Å². The van der Waals surface area contributed by atoms with Crippen molar-refractivity contribution in [3.05, 3.63) is 46.6 Å². The number of ether oxygens (including phenoxy) is 1. The van der Waals surface area contributed by atoms with Crippen LogP contribution in [0.4, 0.5) is 0 Å². The van der Waals surface area contributed by atoms with Crippen LogP contribution in [0.25, 0.3) is 0 Å². The maximum Gasteiger partial charge on any atom is 0.305 e. The van der Waals surface area contributed by atoms with Gasteiger partial charge in [-0.1, -0.05) is 137 Å². The van der Waals surface area contributed by atoms with E-state index in [0.717, 1.165) is 51.4 Å².